The van der Waals surface area contributed by atoms with Gasteiger partial charge in [-0.2, -0.15) is 13.2 Å². The number of nitrogens with zero attached hydrogens (tertiary/aromatic N) is 4. The molecule has 1 aliphatic carbocycles. The molecule has 224 valence electrons. The quantitative estimate of drug-likeness (QED) is 0.355. The number of nitrogens with one attached hydrogen (secondary N) is 1. The molecule has 1 aromatic carbocycles. The van der Waals surface area contributed by atoms with Crippen molar-refractivity contribution >= 4 is 29.8 Å². The summed E-state index contributed by atoms with van der Waals surface area (Å²) in [6, 6.07) is 11.5. The molecule has 2 aliphatic rings. The predicted molar refractivity (Wildman–Crippen MR) is 148 cm³/mol. The van der Waals surface area contributed by atoms with Gasteiger partial charge in [0.05, 0.1) is 17.8 Å². The number of aliphatic carboxylic acids is 1. The number of pyridine rings is 1. The summed E-state index contributed by atoms with van der Waals surface area (Å²) in [6.07, 6.45) is 2.91. The molecule has 0 radical (unpaired) electrons. The number of hydrogen-bond donors (Lipinski definition) is 2. The average Bonchev–Trinajstić information content (AvgIpc) is 3.70. The summed E-state index contributed by atoms with van der Waals surface area (Å²) in [6.45, 7) is 1.41. The summed E-state index contributed by atoms with van der Waals surface area (Å²) in [5.41, 5.74) is -0.306. The number of aromatic nitrogens is 2. The van der Waals surface area contributed by atoms with Crippen LogP contribution in [0.1, 0.15) is 54.8 Å². The number of halogens is 3. The number of amides is 2. The van der Waals surface area contributed by atoms with Gasteiger partial charge in [-0.15, -0.1) is 0 Å². The third-order valence-corrected chi connectivity index (χ3v) is 7.36. The molecular weight excluding hydrogens is 555 g/mol. The Morgan fingerprint density at radius 2 is 1.74 bits per heavy atom. The van der Waals surface area contributed by atoms with Crippen molar-refractivity contribution in [3.05, 3.63) is 60.1 Å². The number of carboxylic acids is 1. The van der Waals surface area contributed by atoms with Crippen LogP contribution in [0.15, 0.2) is 53.1 Å². The average molecular weight is 588 g/mol. The van der Waals surface area contributed by atoms with Gasteiger partial charge in [0.15, 0.2) is 5.69 Å². The molecule has 0 spiro atoms. The number of anilines is 2. The van der Waals surface area contributed by atoms with Gasteiger partial charge in [0.25, 0.3) is 5.91 Å². The summed E-state index contributed by atoms with van der Waals surface area (Å²) in [5.74, 6) is -2.76. The Kier molecular flexibility index (Phi) is 9.81. The van der Waals surface area contributed by atoms with Gasteiger partial charge in [0, 0.05) is 31.7 Å². The maximum Gasteiger partial charge on any atom is 0.452 e. The molecule has 2 aromatic heterocycles. The monoisotopic (exact) mass is 587 g/mol. The molecule has 1 saturated carbocycles. The fourth-order valence-electron chi connectivity index (χ4n) is 4.97. The van der Waals surface area contributed by atoms with Crippen LogP contribution in [0.3, 0.4) is 0 Å². The fourth-order valence-corrected chi connectivity index (χ4v) is 4.97. The highest BCUT2D eigenvalue weighted by Gasteiger charge is 2.42. The number of carboxylic acid groups (broad SMARTS) is 1. The molecule has 0 unspecified atom stereocenters. The van der Waals surface area contributed by atoms with E-state index in [1.54, 1.807) is 42.3 Å². The van der Waals surface area contributed by atoms with E-state index in [1.807, 2.05) is 4.90 Å². The molecule has 10 nitrogen and oxygen atoms in total. The predicted octanol–water partition coefficient (Wildman–Crippen LogP) is 5.33. The third kappa shape index (κ3) is 7.65. The van der Waals surface area contributed by atoms with Crippen LogP contribution in [-0.4, -0.2) is 64.4 Å². The van der Waals surface area contributed by atoms with Crippen molar-refractivity contribution < 1.29 is 37.1 Å². The number of oxazole rings is 1. The molecule has 5 rings (SSSR count). The topological polar surface area (TPSA) is 129 Å². The second kappa shape index (κ2) is 13.5. The Hall–Kier alpha value is -4.42. The van der Waals surface area contributed by atoms with E-state index in [-0.39, 0.29) is 23.5 Å². The Morgan fingerprint density at radius 1 is 1.07 bits per heavy atom. The van der Waals surface area contributed by atoms with Gasteiger partial charge in [0.1, 0.15) is 5.82 Å². The number of rotatable bonds is 7. The van der Waals surface area contributed by atoms with Gasteiger partial charge in [-0.3, -0.25) is 14.4 Å². The summed E-state index contributed by atoms with van der Waals surface area (Å²) in [5, 5.41) is 10.8. The molecule has 0 atom stereocenters. The number of carbonyl (C=O) groups excluding carboxylic acids is 2. The van der Waals surface area contributed by atoms with Crippen LogP contribution in [0.4, 0.5) is 24.7 Å². The molecular formula is C29H32F3N5O5. The molecule has 1 aliphatic heterocycles. The number of benzene rings is 1. The van der Waals surface area contributed by atoms with Gasteiger partial charge in [-0.25, -0.2) is 9.97 Å². The summed E-state index contributed by atoms with van der Waals surface area (Å²) in [4.78, 5) is 45.6. The lowest BCUT2D eigenvalue weighted by Gasteiger charge is -2.35. The van der Waals surface area contributed by atoms with E-state index >= 15 is 0 Å². The highest BCUT2D eigenvalue weighted by molar-refractivity contribution is 6.04. The molecule has 2 N–H and O–H groups in total. The zero-order chi connectivity index (χ0) is 30.3. The zero-order valence-corrected chi connectivity index (χ0v) is 23.0. The second-order valence-electron chi connectivity index (χ2n) is 10.2. The van der Waals surface area contributed by atoms with Gasteiger partial charge in [-0.05, 0) is 49.9 Å². The van der Waals surface area contributed by atoms with Crippen LogP contribution >= 0.6 is 0 Å². The smallest absolute Gasteiger partial charge is 0.452 e. The summed E-state index contributed by atoms with van der Waals surface area (Å²) >= 11 is 0. The Bertz CT molecular complexity index is 1350. The highest BCUT2D eigenvalue weighted by Crippen LogP contribution is 2.35. The Labute approximate surface area is 240 Å². The maximum absolute atomic E-state index is 13.5. The Balaban J connectivity index is 0.000000437. The number of alkyl halides is 3. The van der Waals surface area contributed by atoms with Gasteiger partial charge in [0.2, 0.25) is 18.1 Å². The van der Waals surface area contributed by atoms with Crippen LogP contribution in [-0.2, 0) is 15.8 Å². The number of hydrogen-bond acceptors (Lipinski definition) is 7. The van der Waals surface area contributed by atoms with Crippen LogP contribution in [0, 0.1) is 5.92 Å². The lowest BCUT2D eigenvalue weighted by molar-refractivity contribution is -0.153. The van der Waals surface area contributed by atoms with E-state index in [4.69, 9.17) is 9.52 Å². The van der Waals surface area contributed by atoms with Crippen molar-refractivity contribution in [2.45, 2.75) is 50.7 Å². The van der Waals surface area contributed by atoms with Crippen molar-refractivity contribution in [2.75, 3.05) is 30.4 Å². The van der Waals surface area contributed by atoms with Crippen molar-refractivity contribution in [2.24, 2.45) is 5.92 Å². The Morgan fingerprint density at radius 3 is 2.26 bits per heavy atom. The van der Waals surface area contributed by atoms with Gasteiger partial charge in [-0.1, -0.05) is 31.0 Å². The van der Waals surface area contributed by atoms with Crippen molar-refractivity contribution in [1.82, 2.24) is 14.9 Å². The van der Waals surface area contributed by atoms with E-state index < -0.39 is 29.5 Å². The van der Waals surface area contributed by atoms with Crippen molar-refractivity contribution in [3.63, 3.8) is 0 Å². The minimum absolute atomic E-state index is 0.0185. The molecule has 3 heterocycles. The molecule has 2 amide bonds. The normalized spacial score (nSPS) is 16.0. The van der Waals surface area contributed by atoms with E-state index in [2.05, 4.69) is 15.3 Å². The highest BCUT2D eigenvalue weighted by atomic mass is 19.4. The van der Waals surface area contributed by atoms with E-state index in [0.717, 1.165) is 44.9 Å². The third-order valence-electron chi connectivity index (χ3n) is 7.36. The zero-order valence-electron chi connectivity index (χ0n) is 23.0. The first kappa shape index (κ1) is 30.5. The first-order valence-corrected chi connectivity index (χ1v) is 13.6. The molecule has 42 heavy (non-hydrogen) atoms. The molecule has 13 heteroatoms. The number of carbonyl (C=O) groups is 3. The van der Waals surface area contributed by atoms with Crippen LogP contribution in [0.5, 0.6) is 0 Å². The SMILES string of the molecule is CN(C=O)C1CCN(c2ccc(NC(=O)c3nc(-c4ccccc4)oc3C(F)(F)F)cn2)CC1.O=C(O)C1CCCC1. The van der Waals surface area contributed by atoms with Crippen molar-refractivity contribution in [3.8, 4) is 11.5 Å². The lowest BCUT2D eigenvalue weighted by Crippen LogP contribution is -2.43. The minimum Gasteiger partial charge on any atom is -0.481 e. The largest absolute Gasteiger partial charge is 0.481 e. The van der Waals surface area contributed by atoms with Crippen molar-refractivity contribution in [1.29, 1.82) is 0 Å². The summed E-state index contributed by atoms with van der Waals surface area (Å²) < 4.78 is 45.4. The molecule has 3 aromatic rings. The molecule has 2 fully saturated rings. The fraction of sp³-hybridized carbons (Fsp3) is 0.414. The lowest BCUT2D eigenvalue weighted by atomic mass is 10.0. The molecule has 1 saturated heterocycles. The first-order chi connectivity index (χ1) is 20.1. The molecule has 0 bridgehead atoms. The second-order valence-corrected chi connectivity index (χ2v) is 10.2. The van der Waals surface area contributed by atoms with Crippen LogP contribution < -0.4 is 10.2 Å². The summed E-state index contributed by atoms with van der Waals surface area (Å²) in [7, 11) is 1.75. The first-order valence-electron chi connectivity index (χ1n) is 13.6. The maximum atomic E-state index is 13.5. The van der Waals surface area contributed by atoms with Gasteiger partial charge >= 0.3 is 12.1 Å². The van der Waals surface area contributed by atoms with Gasteiger partial charge < -0.3 is 24.6 Å². The van der Waals surface area contributed by atoms with E-state index in [9.17, 15) is 27.6 Å². The van der Waals surface area contributed by atoms with E-state index in [1.165, 1.54) is 18.3 Å². The number of piperidine rings is 1. The van der Waals surface area contributed by atoms with Crippen LogP contribution in [0.25, 0.3) is 11.5 Å². The minimum atomic E-state index is -4.89. The van der Waals surface area contributed by atoms with Crippen LogP contribution in [0.2, 0.25) is 0 Å². The standard InChI is InChI=1S/C23H22F3N5O3.C6H10O2/c1-30(14-32)17-9-11-31(12-10-17)18-8-7-16(13-27-18)28-21(33)19-20(23(24,25)26)34-22(29-19)15-5-3-2-4-6-15;7-6(8)5-3-1-2-4-5/h2-8,13-14,17H,9-12H2,1H3,(H,28,33);5H,1-4H2,(H,7,8). The van der Waals surface area contributed by atoms with E-state index in [0.29, 0.717) is 24.5 Å².